The van der Waals surface area contributed by atoms with E-state index in [4.69, 9.17) is 5.41 Å². The molecule has 0 aliphatic carbocycles. The Morgan fingerprint density at radius 1 is 0.977 bits per heavy atom. The highest BCUT2D eigenvalue weighted by atomic mass is 19.4. The van der Waals surface area contributed by atoms with Gasteiger partial charge in [0.1, 0.15) is 0 Å². The molecule has 3 rings (SSSR count). The molecule has 7 nitrogen and oxygen atoms in total. The normalized spacial score (nSPS) is 19.3. The number of piperidine rings is 1. The van der Waals surface area contributed by atoms with E-state index in [1.807, 2.05) is 4.90 Å². The number of nitrogens with zero attached hydrogens (tertiary/aromatic N) is 4. The van der Waals surface area contributed by atoms with Gasteiger partial charge in [-0.05, 0) is 79.8 Å². The molecule has 1 aliphatic heterocycles. The summed E-state index contributed by atoms with van der Waals surface area (Å²) in [5, 5.41) is 26.0. The van der Waals surface area contributed by atoms with E-state index in [1.165, 1.54) is 13.1 Å². The summed E-state index contributed by atoms with van der Waals surface area (Å²) < 4.78 is 123. The van der Waals surface area contributed by atoms with Gasteiger partial charge in [0.15, 0.2) is 0 Å². The lowest BCUT2D eigenvalue weighted by Crippen LogP contribution is -2.47. The van der Waals surface area contributed by atoms with E-state index < -0.39 is 71.5 Å². The molecule has 1 fully saturated rings. The molecule has 0 amide bonds. The smallest absolute Gasteiger partial charge is 0.389 e. The average Bonchev–Trinajstić information content (AvgIpc) is 2.90. The number of hydrogen-bond donors (Lipinski definition) is 3. The number of likely N-dealkylation sites (tertiary alicyclic amines) is 1. The second kappa shape index (κ2) is 13.3. The van der Waals surface area contributed by atoms with Crippen molar-refractivity contribution in [3.8, 4) is 0 Å². The van der Waals surface area contributed by atoms with Gasteiger partial charge in [-0.3, -0.25) is 15.7 Å². The van der Waals surface area contributed by atoms with Crippen LogP contribution in [0, 0.1) is 5.41 Å². The first-order valence-electron chi connectivity index (χ1n) is 13.6. The molecule has 1 heterocycles. The number of β-amino-alcohol motifs (C(OH)–C–C–N with tert-alkyl or cyclic N) is 1. The lowest BCUT2D eigenvalue weighted by Gasteiger charge is -2.42. The molecule has 2 unspecified atom stereocenters. The fraction of sp³-hybridized carbons (Fsp3) is 0.536. The number of benzene rings is 2. The molecule has 2 aromatic carbocycles. The van der Waals surface area contributed by atoms with E-state index in [0.29, 0.717) is 43.5 Å². The van der Waals surface area contributed by atoms with Crippen LogP contribution in [0.3, 0.4) is 0 Å². The highest BCUT2D eigenvalue weighted by molar-refractivity contribution is 5.77. The molecule has 0 saturated carbocycles. The van der Waals surface area contributed by atoms with E-state index in [1.54, 1.807) is 13.8 Å². The van der Waals surface area contributed by atoms with Crippen molar-refractivity contribution in [3.05, 3.63) is 69.8 Å². The Labute approximate surface area is 248 Å². The zero-order valence-corrected chi connectivity index (χ0v) is 24.1. The van der Waals surface area contributed by atoms with Crippen molar-refractivity contribution in [1.29, 1.82) is 5.41 Å². The third-order valence-electron chi connectivity index (χ3n) is 7.29. The average molecular weight is 641 g/mol. The molecular weight excluding hydrogens is 607 g/mol. The molecule has 0 radical (unpaired) electrons. The molecule has 0 aromatic heterocycles. The van der Waals surface area contributed by atoms with E-state index in [-0.39, 0.29) is 18.2 Å². The number of guanidine groups is 1. The lowest BCUT2D eigenvalue weighted by atomic mass is 9.89. The summed E-state index contributed by atoms with van der Waals surface area (Å²) in [5.74, 6) is -0.720. The fourth-order valence-corrected chi connectivity index (χ4v) is 5.35. The Balaban J connectivity index is 2.14. The van der Waals surface area contributed by atoms with Crippen molar-refractivity contribution in [2.24, 2.45) is 10.3 Å². The third-order valence-corrected chi connectivity index (χ3v) is 7.29. The van der Waals surface area contributed by atoms with Crippen LogP contribution in [0.2, 0.25) is 0 Å². The molecule has 1 saturated heterocycles. The Morgan fingerprint density at radius 2 is 1.57 bits per heavy atom. The highest BCUT2D eigenvalue weighted by Gasteiger charge is 2.38. The summed E-state index contributed by atoms with van der Waals surface area (Å²) >= 11 is 0. The quantitative estimate of drug-likeness (QED) is 0.0914. The molecular formula is C28H33F9N6O. The van der Waals surface area contributed by atoms with Gasteiger partial charge >= 0.3 is 18.5 Å². The van der Waals surface area contributed by atoms with E-state index in [2.05, 4.69) is 15.8 Å². The minimum atomic E-state index is -5.13. The summed E-state index contributed by atoms with van der Waals surface area (Å²) in [6, 6.07) is 3.47. The predicted octanol–water partition coefficient (Wildman–Crippen LogP) is 7.56. The van der Waals surface area contributed by atoms with Crippen LogP contribution in [0.1, 0.15) is 72.5 Å². The SMILES string of the molecule is CCC(c1ccc(C(F)(F)F)cc1CN(Cc1cc(C(F)(F)F)cc(C(F)(F)F)c1)C(=N)/N=N\NC)N1CCCC(C)(O)C1. The van der Waals surface area contributed by atoms with Crippen LogP contribution >= 0.6 is 0 Å². The van der Waals surface area contributed by atoms with Crippen LogP contribution < -0.4 is 5.43 Å². The molecule has 0 bridgehead atoms. The summed E-state index contributed by atoms with van der Waals surface area (Å²) in [7, 11) is 1.33. The summed E-state index contributed by atoms with van der Waals surface area (Å²) in [6.07, 6.45) is -13.5. The van der Waals surface area contributed by atoms with Gasteiger partial charge < -0.3 is 10.0 Å². The Bertz CT molecular complexity index is 1310. The molecule has 44 heavy (non-hydrogen) atoms. The Kier molecular flexibility index (Phi) is 10.6. The lowest BCUT2D eigenvalue weighted by molar-refractivity contribution is -0.143. The topological polar surface area (TPSA) is 87.3 Å². The maximum Gasteiger partial charge on any atom is 0.416 e. The van der Waals surface area contributed by atoms with Crippen molar-refractivity contribution in [3.63, 3.8) is 0 Å². The van der Waals surface area contributed by atoms with Crippen LogP contribution in [0.25, 0.3) is 0 Å². The van der Waals surface area contributed by atoms with Crippen molar-refractivity contribution in [2.45, 2.75) is 76.4 Å². The van der Waals surface area contributed by atoms with Gasteiger partial charge in [0.05, 0.1) is 22.3 Å². The van der Waals surface area contributed by atoms with Crippen molar-refractivity contribution >= 4 is 5.96 Å². The Hall–Kier alpha value is -3.40. The minimum absolute atomic E-state index is 0.0318. The Morgan fingerprint density at radius 3 is 2.07 bits per heavy atom. The third kappa shape index (κ3) is 9.06. The van der Waals surface area contributed by atoms with Gasteiger partial charge in [0.25, 0.3) is 0 Å². The summed E-state index contributed by atoms with van der Waals surface area (Å²) in [5.41, 5.74) is -3.01. The van der Waals surface area contributed by atoms with Crippen LogP contribution in [-0.4, -0.2) is 46.6 Å². The van der Waals surface area contributed by atoms with Crippen molar-refractivity contribution < 1.29 is 44.6 Å². The van der Waals surface area contributed by atoms with E-state index >= 15 is 0 Å². The zero-order chi connectivity index (χ0) is 33.1. The number of hydrogen-bond acceptors (Lipinski definition) is 4. The van der Waals surface area contributed by atoms with Crippen molar-refractivity contribution in [2.75, 3.05) is 20.1 Å². The molecule has 16 heteroatoms. The standard InChI is InChI=1S/C28H33F9N6O/c1-4-23(42-9-5-8-25(2,44)16-42)22-7-6-19(26(29,30)31)12-18(22)15-43(24(38)40-41-39-3)14-17-10-20(27(32,33)34)13-21(11-17)28(35,36)37/h6-7,10-13,23,44H,4-5,8-9,14-16H2,1-3H3,(H2,38,39,40). The van der Waals surface area contributed by atoms with Gasteiger partial charge in [0.2, 0.25) is 5.96 Å². The van der Waals surface area contributed by atoms with Crippen LogP contribution in [0.5, 0.6) is 0 Å². The van der Waals surface area contributed by atoms with Gasteiger partial charge in [-0.25, -0.2) is 0 Å². The molecule has 244 valence electrons. The van der Waals surface area contributed by atoms with E-state index in [9.17, 15) is 44.6 Å². The molecule has 1 aliphatic rings. The molecule has 2 aromatic rings. The van der Waals surface area contributed by atoms with Gasteiger partial charge in [-0.15, -0.1) is 0 Å². The predicted molar refractivity (Wildman–Crippen MR) is 143 cm³/mol. The monoisotopic (exact) mass is 640 g/mol. The second-order valence-corrected chi connectivity index (χ2v) is 10.9. The minimum Gasteiger partial charge on any atom is -0.389 e. The summed E-state index contributed by atoms with van der Waals surface area (Å²) in [4.78, 5) is 2.86. The van der Waals surface area contributed by atoms with Crippen molar-refractivity contribution in [1.82, 2.24) is 15.2 Å². The summed E-state index contributed by atoms with van der Waals surface area (Å²) in [6.45, 7) is 2.96. The van der Waals surface area contributed by atoms with Gasteiger partial charge in [-0.1, -0.05) is 23.3 Å². The maximum absolute atomic E-state index is 13.8. The van der Waals surface area contributed by atoms with Crippen LogP contribution in [0.15, 0.2) is 46.7 Å². The second-order valence-electron chi connectivity index (χ2n) is 10.9. The number of nitrogens with one attached hydrogen (secondary N) is 2. The number of alkyl halides is 9. The molecule has 2 atom stereocenters. The number of halogens is 9. The maximum atomic E-state index is 13.8. The largest absolute Gasteiger partial charge is 0.416 e. The first kappa shape index (κ1) is 35.1. The first-order valence-corrected chi connectivity index (χ1v) is 13.6. The van der Waals surface area contributed by atoms with Crippen LogP contribution in [-0.2, 0) is 31.6 Å². The van der Waals surface area contributed by atoms with Gasteiger partial charge in [-0.2, -0.15) is 39.5 Å². The number of rotatable bonds is 8. The van der Waals surface area contributed by atoms with E-state index in [0.717, 1.165) is 17.0 Å². The molecule has 0 spiro atoms. The van der Waals surface area contributed by atoms with Crippen LogP contribution in [0.4, 0.5) is 39.5 Å². The highest BCUT2D eigenvalue weighted by Crippen LogP contribution is 2.39. The first-order chi connectivity index (χ1) is 20.2. The zero-order valence-electron chi connectivity index (χ0n) is 24.1. The van der Waals surface area contributed by atoms with Gasteiger partial charge in [0, 0.05) is 32.7 Å². The number of aliphatic hydroxyl groups is 1. The molecule has 3 N–H and O–H groups in total. The fourth-order valence-electron chi connectivity index (χ4n) is 5.35.